The molecule has 3 N–H and O–H groups in total. The van der Waals surface area contributed by atoms with Crippen LogP contribution in [0.5, 0.6) is 0 Å². The van der Waals surface area contributed by atoms with Crippen LogP contribution in [0.1, 0.15) is 30.7 Å². The number of carboxylic acids is 1. The lowest BCUT2D eigenvalue weighted by atomic mass is 9.90. The molecule has 2 aromatic carbocycles. The second kappa shape index (κ2) is 10.4. The Bertz CT molecular complexity index is 1710. The predicted octanol–water partition coefficient (Wildman–Crippen LogP) is 5.63. The molecule has 8 nitrogen and oxygen atoms in total. The molecule has 4 heterocycles. The number of hydrogen-bond donors (Lipinski definition) is 2. The molecule has 8 heteroatoms. The molecular weight excluding hydrogens is 512 g/mol. The highest BCUT2D eigenvalue weighted by Gasteiger charge is 2.34. The molecule has 41 heavy (non-hydrogen) atoms. The van der Waals surface area contributed by atoms with Crippen LogP contribution in [0.25, 0.3) is 39.5 Å². The summed E-state index contributed by atoms with van der Waals surface area (Å²) in [6.07, 6.45) is 4.34. The number of benzene rings is 2. The van der Waals surface area contributed by atoms with Gasteiger partial charge in [-0.25, -0.2) is 15.0 Å². The summed E-state index contributed by atoms with van der Waals surface area (Å²) in [5, 5.41) is 9.31. The van der Waals surface area contributed by atoms with E-state index in [1.54, 1.807) is 6.20 Å². The van der Waals surface area contributed by atoms with Crippen molar-refractivity contribution in [1.29, 1.82) is 0 Å². The summed E-state index contributed by atoms with van der Waals surface area (Å²) >= 11 is 0. The number of nitrogen functional groups attached to an aromatic ring is 1. The molecule has 5 aromatic rings. The number of likely N-dealkylation sites (tertiary alicyclic amines) is 1. The van der Waals surface area contributed by atoms with Gasteiger partial charge in [-0.2, -0.15) is 0 Å². The van der Waals surface area contributed by atoms with Crippen molar-refractivity contribution in [2.45, 2.75) is 25.2 Å². The maximum atomic E-state index is 11.3. The van der Waals surface area contributed by atoms with Gasteiger partial charge >= 0.3 is 5.97 Å². The van der Waals surface area contributed by atoms with Crippen molar-refractivity contribution >= 4 is 23.0 Å². The minimum absolute atomic E-state index is 0.158. The number of nitrogens with two attached hydrogens (primary N) is 1. The molecule has 1 aliphatic heterocycles. The summed E-state index contributed by atoms with van der Waals surface area (Å²) < 4.78 is 2.07. The molecule has 7 rings (SSSR count). The fraction of sp³-hybridized carbons (Fsp3) is 0.273. The van der Waals surface area contributed by atoms with Gasteiger partial charge in [-0.1, -0.05) is 42.5 Å². The normalized spacial score (nSPS) is 19.4. The Hall–Kier alpha value is -4.56. The van der Waals surface area contributed by atoms with Gasteiger partial charge in [-0.3, -0.25) is 9.36 Å². The van der Waals surface area contributed by atoms with E-state index in [1.165, 1.54) is 5.56 Å². The lowest BCUT2D eigenvalue weighted by Gasteiger charge is -2.41. The number of pyridine rings is 2. The Labute approximate surface area is 238 Å². The summed E-state index contributed by atoms with van der Waals surface area (Å²) in [7, 11) is 0. The van der Waals surface area contributed by atoms with Crippen molar-refractivity contribution in [2.75, 3.05) is 25.4 Å². The number of carboxylic acid groups (broad SMARTS) is 1. The first-order valence-electron chi connectivity index (χ1n) is 14.2. The Kier molecular flexibility index (Phi) is 6.47. The summed E-state index contributed by atoms with van der Waals surface area (Å²) in [6.45, 7) is 3.03. The lowest BCUT2D eigenvalue weighted by molar-refractivity contribution is -0.141. The molecular formula is C33H32N6O2. The van der Waals surface area contributed by atoms with Gasteiger partial charge in [0, 0.05) is 43.0 Å². The van der Waals surface area contributed by atoms with Crippen LogP contribution in [0.2, 0.25) is 0 Å². The average Bonchev–Trinajstić information content (AvgIpc) is 3.60. The SMILES string of the molecule is Nc1ncccc1-c1nc2ccc(-c3ccccc3)nc2n1-c1ccc(C2CN(C[C@@H]3CC[C@H](C(=O)O)C3)C2)cc1. The lowest BCUT2D eigenvalue weighted by Crippen LogP contribution is -2.46. The van der Waals surface area contributed by atoms with Crippen molar-refractivity contribution < 1.29 is 9.90 Å². The molecule has 1 aliphatic carbocycles. The summed E-state index contributed by atoms with van der Waals surface area (Å²) in [6, 6.07) is 26.7. The molecule has 0 unspecified atom stereocenters. The Morgan fingerprint density at radius 2 is 1.73 bits per heavy atom. The number of aliphatic carboxylic acids is 1. The molecule has 2 atom stereocenters. The zero-order valence-corrected chi connectivity index (χ0v) is 22.7. The van der Waals surface area contributed by atoms with Gasteiger partial charge in [0.05, 0.1) is 17.2 Å². The number of aromatic nitrogens is 4. The van der Waals surface area contributed by atoms with Crippen LogP contribution in [0.4, 0.5) is 5.82 Å². The Balaban J connectivity index is 1.17. The van der Waals surface area contributed by atoms with Crippen LogP contribution in [0.15, 0.2) is 85.1 Å². The minimum Gasteiger partial charge on any atom is -0.481 e. The first kappa shape index (κ1) is 25.4. The van der Waals surface area contributed by atoms with Gasteiger partial charge in [0.15, 0.2) is 11.5 Å². The van der Waals surface area contributed by atoms with Gasteiger partial charge in [-0.15, -0.1) is 0 Å². The molecule has 3 aromatic heterocycles. The summed E-state index contributed by atoms with van der Waals surface area (Å²) in [4.78, 5) is 28.1. The predicted molar refractivity (Wildman–Crippen MR) is 160 cm³/mol. The van der Waals surface area contributed by atoms with Gasteiger partial charge < -0.3 is 15.7 Å². The molecule has 206 valence electrons. The van der Waals surface area contributed by atoms with Crippen molar-refractivity contribution in [2.24, 2.45) is 11.8 Å². The average molecular weight is 545 g/mol. The summed E-state index contributed by atoms with van der Waals surface area (Å²) in [5.74, 6) is 1.32. The topological polar surface area (TPSA) is 110 Å². The van der Waals surface area contributed by atoms with E-state index in [-0.39, 0.29) is 5.92 Å². The molecule has 1 saturated heterocycles. The van der Waals surface area contributed by atoms with Crippen molar-refractivity contribution in [3.63, 3.8) is 0 Å². The van der Waals surface area contributed by atoms with E-state index >= 15 is 0 Å². The van der Waals surface area contributed by atoms with Gasteiger partial charge in [-0.05, 0) is 67.1 Å². The molecule has 2 fully saturated rings. The maximum absolute atomic E-state index is 11.3. The van der Waals surface area contributed by atoms with E-state index in [4.69, 9.17) is 15.7 Å². The third-order valence-electron chi connectivity index (χ3n) is 8.64. The largest absolute Gasteiger partial charge is 0.481 e. The number of imidazole rings is 1. The van der Waals surface area contributed by atoms with Crippen LogP contribution >= 0.6 is 0 Å². The first-order chi connectivity index (χ1) is 20.0. The Morgan fingerprint density at radius 1 is 0.927 bits per heavy atom. The highest BCUT2D eigenvalue weighted by Crippen LogP contribution is 2.36. The van der Waals surface area contributed by atoms with Crippen LogP contribution in [0, 0.1) is 11.8 Å². The first-order valence-corrected chi connectivity index (χ1v) is 14.2. The summed E-state index contributed by atoms with van der Waals surface area (Å²) in [5.41, 5.74) is 12.8. The number of nitrogens with zero attached hydrogens (tertiary/aromatic N) is 5. The van der Waals surface area contributed by atoms with Crippen LogP contribution in [0.3, 0.4) is 0 Å². The van der Waals surface area contributed by atoms with Crippen LogP contribution in [-0.4, -0.2) is 55.1 Å². The van der Waals surface area contributed by atoms with E-state index in [1.807, 2.05) is 42.5 Å². The Morgan fingerprint density at radius 3 is 2.46 bits per heavy atom. The van der Waals surface area contributed by atoms with Crippen molar-refractivity contribution in [1.82, 2.24) is 24.4 Å². The van der Waals surface area contributed by atoms with Crippen molar-refractivity contribution in [3.8, 4) is 28.3 Å². The molecule has 0 amide bonds. The zero-order valence-electron chi connectivity index (χ0n) is 22.7. The monoisotopic (exact) mass is 544 g/mol. The van der Waals surface area contributed by atoms with E-state index in [2.05, 4.69) is 50.8 Å². The van der Waals surface area contributed by atoms with E-state index in [0.717, 1.165) is 72.6 Å². The molecule has 2 aliphatic rings. The number of hydrogen-bond acceptors (Lipinski definition) is 6. The van der Waals surface area contributed by atoms with Crippen LogP contribution < -0.4 is 5.73 Å². The second-order valence-electron chi connectivity index (χ2n) is 11.3. The van der Waals surface area contributed by atoms with Gasteiger partial charge in [0.1, 0.15) is 11.3 Å². The quantitative estimate of drug-likeness (QED) is 0.273. The molecule has 0 radical (unpaired) electrons. The minimum atomic E-state index is -0.638. The molecule has 0 bridgehead atoms. The third kappa shape index (κ3) is 4.85. The second-order valence-corrected chi connectivity index (χ2v) is 11.3. The third-order valence-corrected chi connectivity index (χ3v) is 8.64. The maximum Gasteiger partial charge on any atom is 0.306 e. The van der Waals surface area contributed by atoms with E-state index < -0.39 is 5.97 Å². The molecule has 0 spiro atoms. The molecule has 1 saturated carbocycles. The zero-order chi connectivity index (χ0) is 27.9. The van der Waals surface area contributed by atoms with Crippen LogP contribution in [-0.2, 0) is 4.79 Å². The fourth-order valence-electron chi connectivity index (χ4n) is 6.41. The van der Waals surface area contributed by atoms with Gasteiger partial charge in [0.2, 0.25) is 0 Å². The number of rotatable bonds is 7. The number of anilines is 1. The standard InChI is InChI=1S/C33H32N6O2/c34-30-27(7-4-16-35-30)31-37-29-15-14-28(23-5-2-1-3-6-23)36-32(29)39(31)26-12-10-22(11-13-26)25-19-38(20-25)18-21-8-9-24(17-21)33(40)41/h1-7,10-16,21,24-25H,8-9,17-20H2,(H2,34,35)(H,40,41)/t21-,24+/m1/s1. The van der Waals surface area contributed by atoms with Gasteiger partial charge in [0.25, 0.3) is 0 Å². The van der Waals surface area contributed by atoms with Crippen molar-refractivity contribution in [3.05, 3.63) is 90.6 Å². The number of fused-ring (bicyclic) bond motifs is 1. The number of carbonyl (C=O) groups is 1. The smallest absolute Gasteiger partial charge is 0.306 e. The fourth-order valence-corrected chi connectivity index (χ4v) is 6.41. The van der Waals surface area contributed by atoms with E-state index in [9.17, 15) is 9.90 Å². The highest BCUT2D eigenvalue weighted by atomic mass is 16.4. The highest BCUT2D eigenvalue weighted by molar-refractivity contribution is 5.84. The van der Waals surface area contributed by atoms with E-state index in [0.29, 0.717) is 23.5 Å².